The zero-order valence-corrected chi connectivity index (χ0v) is 14.9. The van der Waals surface area contributed by atoms with Crippen molar-refractivity contribution < 1.29 is 32.6 Å². The molecular formula is C20H18F3NO4. The average Bonchev–Trinajstić information content (AvgIpc) is 3.12. The number of alkyl halides is 3. The topological polar surface area (TPSA) is 66.8 Å². The van der Waals surface area contributed by atoms with E-state index in [4.69, 9.17) is 9.84 Å². The molecule has 1 heterocycles. The summed E-state index contributed by atoms with van der Waals surface area (Å²) in [5.41, 5.74) is 0.849. The first-order chi connectivity index (χ1) is 13.2. The summed E-state index contributed by atoms with van der Waals surface area (Å²) in [5.74, 6) is -1.21. The predicted molar refractivity (Wildman–Crippen MR) is 94.1 cm³/mol. The van der Waals surface area contributed by atoms with Gasteiger partial charge in [-0.15, -0.1) is 0 Å². The molecule has 0 bridgehead atoms. The molecular weight excluding hydrogens is 375 g/mol. The minimum atomic E-state index is -4.40. The van der Waals surface area contributed by atoms with E-state index in [-0.39, 0.29) is 17.5 Å². The van der Waals surface area contributed by atoms with E-state index in [9.17, 15) is 22.8 Å². The Morgan fingerprint density at radius 2 is 1.61 bits per heavy atom. The number of benzene rings is 2. The minimum Gasteiger partial charge on any atom is -0.478 e. The first-order valence-corrected chi connectivity index (χ1v) is 8.55. The standard InChI is InChI=1S/C20H18F3NO4/c1-28-19(27)24-11-15(12-6-8-16(9-7-12)20(21,22)23)10-17(24)13-2-4-14(5-3-13)18(25)26/h2-9,15,17H,10-11H2,1H3,(H,25,26). The fraction of sp³-hybridized carbons (Fsp3) is 0.300. The Morgan fingerprint density at radius 1 is 1.04 bits per heavy atom. The highest BCUT2D eigenvalue weighted by Crippen LogP contribution is 2.41. The lowest BCUT2D eigenvalue weighted by atomic mass is 9.93. The molecule has 1 fully saturated rings. The number of likely N-dealkylation sites (tertiary alicyclic amines) is 1. The van der Waals surface area contributed by atoms with Gasteiger partial charge >= 0.3 is 18.2 Å². The maximum Gasteiger partial charge on any atom is 0.416 e. The SMILES string of the molecule is COC(=O)N1CC(c2ccc(C(F)(F)F)cc2)CC1c1ccc(C(=O)O)cc1. The number of hydrogen-bond donors (Lipinski definition) is 1. The quantitative estimate of drug-likeness (QED) is 0.821. The lowest BCUT2D eigenvalue weighted by Gasteiger charge is -2.23. The molecule has 1 N–H and O–H groups in total. The Balaban J connectivity index is 1.86. The van der Waals surface area contributed by atoms with Gasteiger partial charge in [-0.2, -0.15) is 13.2 Å². The van der Waals surface area contributed by atoms with Gasteiger partial charge in [0.2, 0.25) is 0 Å². The van der Waals surface area contributed by atoms with Crippen molar-refractivity contribution in [2.75, 3.05) is 13.7 Å². The summed E-state index contributed by atoms with van der Waals surface area (Å²) in [6.07, 6.45) is -4.45. The second-order valence-corrected chi connectivity index (χ2v) is 6.62. The van der Waals surface area contributed by atoms with Gasteiger partial charge in [0, 0.05) is 12.5 Å². The van der Waals surface area contributed by atoms with Crippen LogP contribution in [-0.2, 0) is 10.9 Å². The first kappa shape index (κ1) is 19.7. The van der Waals surface area contributed by atoms with Crippen LogP contribution < -0.4 is 0 Å². The van der Waals surface area contributed by atoms with Crippen LogP contribution in [-0.4, -0.2) is 35.7 Å². The number of hydrogen-bond acceptors (Lipinski definition) is 3. The van der Waals surface area contributed by atoms with Crippen molar-refractivity contribution in [2.45, 2.75) is 24.6 Å². The number of carbonyl (C=O) groups is 2. The molecule has 8 heteroatoms. The van der Waals surface area contributed by atoms with Gasteiger partial charge in [0.05, 0.1) is 24.3 Å². The Labute approximate surface area is 159 Å². The summed E-state index contributed by atoms with van der Waals surface area (Å²) in [6, 6.07) is 10.8. The van der Waals surface area contributed by atoms with Gasteiger partial charge in [-0.25, -0.2) is 9.59 Å². The van der Waals surface area contributed by atoms with Crippen LogP contribution in [0.1, 0.15) is 45.4 Å². The summed E-state index contributed by atoms with van der Waals surface area (Å²) in [6.45, 7) is 0.295. The van der Waals surface area contributed by atoms with E-state index in [0.29, 0.717) is 18.5 Å². The van der Waals surface area contributed by atoms with Crippen LogP contribution in [0.2, 0.25) is 0 Å². The van der Waals surface area contributed by atoms with Crippen LogP contribution in [0.4, 0.5) is 18.0 Å². The lowest BCUT2D eigenvalue weighted by molar-refractivity contribution is -0.137. The Morgan fingerprint density at radius 3 is 2.11 bits per heavy atom. The number of halogens is 3. The molecule has 0 radical (unpaired) electrons. The highest BCUT2D eigenvalue weighted by atomic mass is 19.4. The normalized spacial score (nSPS) is 19.5. The van der Waals surface area contributed by atoms with Gasteiger partial charge in [-0.3, -0.25) is 0 Å². The van der Waals surface area contributed by atoms with Gasteiger partial charge in [0.25, 0.3) is 0 Å². The first-order valence-electron chi connectivity index (χ1n) is 8.55. The largest absolute Gasteiger partial charge is 0.478 e. The molecule has 28 heavy (non-hydrogen) atoms. The second-order valence-electron chi connectivity index (χ2n) is 6.62. The van der Waals surface area contributed by atoms with Crippen molar-refractivity contribution in [1.82, 2.24) is 4.90 Å². The summed E-state index contributed by atoms with van der Waals surface area (Å²) < 4.78 is 43.2. The average molecular weight is 393 g/mol. The van der Waals surface area contributed by atoms with Crippen LogP contribution in [0.25, 0.3) is 0 Å². The van der Waals surface area contributed by atoms with Crippen LogP contribution >= 0.6 is 0 Å². The highest BCUT2D eigenvalue weighted by molar-refractivity contribution is 5.87. The molecule has 1 aliphatic heterocycles. The second kappa shape index (κ2) is 7.53. The van der Waals surface area contributed by atoms with Crippen molar-refractivity contribution in [3.8, 4) is 0 Å². The smallest absolute Gasteiger partial charge is 0.416 e. The third-order valence-corrected chi connectivity index (χ3v) is 4.96. The molecule has 2 atom stereocenters. The molecule has 2 unspecified atom stereocenters. The van der Waals surface area contributed by atoms with Gasteiger partial charge in [-0.1, -0.05) is 24.3 Å². The number of rotatable bonds is 3. The van der Waals surface area contributed by atoms with Crippen LogP contribution in [0.15, 0.2) is 48.5 Å². The molecule has 1 saturated heterocycles. The molecule has 3 rings (SSSR count). The molecule has 0 saturated carbocycles. The fourth-order valence-electron chi connectivity index (χ4n) is 3.50. The summed E-state index contributed by atoms with van der Waals surface area (Å²) in [5, 5.41) is 9.03. The number of nitrogens with zero attached hydrogens (tertiary/aromatic N) is 1. The number of aromatic carboxylic acids is 1. The lowest BCUT2D eigenvalue weighted by Crippen LogP contribution is -2.30. The third-order valence-electron chi connectivity index (χ3n) is 4.96. The van der Waals surface area contributed by atoms with Gasteiger partial charge in [-0.05, 0) is 41.8 Å². The van der Waals surface area contributed by atoms with Gasteiger partial charge < -0.3 is 14.7 Å². The summed E-state index contributed by atoms with van der Waals surface area (Å²) >= 11 is 0. The van der Waals surface area contributed by atoms with E-state index >= 15 is 0 Å². The summed E-state index contributed by atoms with van der Waals surface area (Å²) in [4.78, 5) is 24.7. The van der Waals surface area contributed by atoms with Crippen molar-refractivity contribution in [3.63, 3.8) is 0 Å². The molecule has 1 amide bonds. The Hall–Kier alpha value is -3.03. The molecule has 0 spiro atoms. The van der Waals surface area contributed by atoms with Crippen molar-refractivity contribution in [1.29, 1.82) is 0 Å². The number of carbonyl (C=O) groups excluding carboxylic acids is 1. The monoisotopic (exact) mass is 393 g/mol. The van der Waals surface area contributed by atoms with E-state index < -0.39 is 23.8 Å². The number of carboxylic acids is 1. The van der Waals surface area contributed by atoms with Crippen molar-refractivity contribution in [2.24, 2.45) is 0 Å². The zero-order chi connectivity index (χ0) is 20.5. The molecule has 5 nitrogen and oxygen atoms in total. The van der Waals surface area contributed by atoms with Gasteiger partial charge in [0.15, 0.2) is 0 Å². The Kier molecular flexibility index (Phi) is 5.31. The van der Waals surface area contributed by atoms with E-state index in [0.717, 1.165) is 17.7 Å². The minimum absolute atomic E-state index is 0.130. The fourth-order valence-corrected chi connectivity index (χ4v) is 3.50. The maximum absolute atomic E-state index is 12.8. The van der Waals surface area contributed by atoms with E-state index in [1.807, 2.05) is 0 Å². The molecule has 148 valence electrons. The number of carboxylic acid groups (broad SMARTS) is 1. The molecule has 2 aromatic carbocycles. The highest BCUT2D eigenvalue weighted by Gasteiger charge is 2.38. The van der Waals surface area contributed by atoms with E-state index in [1.54, 1.807) is 12.1 Å². The molecule has 0 aromatic heterocycles. The van der Waals surface area contributed by atoms with Crippen LogP contribution in [0, 0.1) is 0 Å². The number of amides is 1. The zero-order valence-electron chi connectivity index (χ0n) is 14.9. The van der Waals surface area contributed by atoms with E-state index in [2.05, 4.69) is 0 Å². The molecule has 0 aliphatic carbocycles. The third kappa shape index (κ3) is 3.95. The Bertz CT molecular complexity index is 863. The van der Waals surface area contributed by atoms with Crippen molar-refractivity contribution in [3.05, 3.63) is 70.8 Å². The predicted octanol–water partition coefficient (Wildman–Crippen LogP) is 4.70. The van der Waals surface area contributed by atoms with Crippen molar-refractivity contribution >= 4 is 12.1 Å². The maximum atomic E-state index is 12.8. The molecule has 1 aliphatic rings. The van der Waals surface area contributed by atoms with Crippen LogP contribution in [0.3, 0.4) is 0 Å². The van der Waals surface area contributed by atoms with Crippen LogP contribution in [0.5, 0.6) is 0 Å². The number of ether oxygens (including phenoxy) is 1. The molecule has 2 aromatic rings. The number of methoxy groups -OCH3 is 1. The van der Waals surface area contributed by atoms with Gasteiger partial charge in [0.1, 0.15) is 0 Å². The summed E-state index contributed by atoms with van der Waals surface area (Å²) in [7, 11) is 1.26. The van der Waals surface area contributed by atoms with E-state index in [1.165, 1.54) is 36.3 Å².